The van der Waals surface area contributed by atoms with Gasteiger partial charge in [-0.25, -0.2) is 0 Å². The van der Waals surface area contributed by atoms with Gasteiger partial charge in [0.15, 0.2) is 6.10 Å². The van der Waals surface area contributed by atoms with Crippen LogP contribution in [0.25, 0.3) is 0 Å². The molecule has 6 heteroatoms. The van der Waals surface area contributed by atoms with E-state index in [2.05, 4.69) is 142 Å². The van der Waals surface area contributed by atoms with Crippen LogP contribution in [-0.4, -0.2) is 37.2 Å². The average Bonchev–Trinajstić information content (AvgIpc) is 3.28. The maximum absolute atomic E-state index is 12.7. The molecular formula is C57H88O6. The number of carbonyl (C=O) groups excluding carboxylic acids is 3. The highest BCUT2D eigenvalue weighted by molar-refractivity contribution is 5.72. The molecule has 0 aromatic carbocycles. The Morgan fingerprint density at radius 1 is 0.333 bits per heavy atom. The molecule has 0 amide bonds. The van der Waals surface area contributed by atoms with Gasteiger partial charge in [0, 0.05) is 12.8 Å². The highest BCUT2D eigenvalue weighted by Gasteiger charge is 2.19. The highest BCUT2D eigenvalue weighted by Crippen LogP contribution is 2.13. The fraction of sp³-hybridized carbons (Fsp3) is 0.561. The summed E-state index contributed by atoms with van der Waals surface area (Å²) in [7, 11) is 0. The first-order chi connectivity index (χ1) is 31.0. The van der Waals surface area contributed by atoms with Gasteiger partial charge in [-0.1, -0.05) is 199 Å². The van der Waals surface area contributed by atoms with Gasteiger partial charge >= 0.3 is 17.9 Å². The molecule has 0 fully saturated rings. The van der Waals surface area contributed by atoms with Gasteiger partial charge in [0.05, 0.1) is 6.42 Å². The van der Waals surface area contributed by atoms with Crippen LogP contribution < -0.4 is 0 Å². The second kappa shape index (κ2) is 50.2. The average molecular weight is 869 g/mol. The molecule has 0 saturated heterocycles. The molecule has 0 aliphatic rings. The molecule has 0 aromatic rings. The summed E-state index contributed by atoms with van der Waals surface area (Å²) in [6, 6.07) is 0. The fourth-order valence-electron chi connectivity index (χ4n) is 6.08. The number of ether oxygens (including phenoxy) is 3. The van der Waals surface area contributed by atoms with Crippen molar-refractivity contribution in [2.45, 2.75) is 194 Å². The third-order valence-electron chi connectivity index (χ3n) is 9.66. The van der Waals surface area contributed by atoms with E-state index < -0.39 is 18.0 Å². The topological polar surface area (TPSA) is 78.9 Å². The minimum Gasteiger partial charge on any atom is -0.462 e. The zero-order chi connectivity index (χ0) is 45.8. The molecule has 0 saturated carbocycles. The Labute approximate surface area is 385 Å². The Hall–Kier alpha value is -4.45. The van der Waals surface area contributed by atoms with E-state index in [4.69, 9.17) is 14.2 Å². The quantitative estimate of drug-likeness (QED) is 0.0263. The zero-order valence-electron chi connectivity index (χ0n) is 40.0. The first-order valence-electron chi connectivity index (χ1n) is 24.7. The van der Waals surface area contributed by atoms with Crippen LogP contribution in [0.15, 0.2) is 134 Å². The van der Waals surface area contributed by atoms with Crippen LogP contribution in [0.1, 0.15) is 188 Å². The van der Waals surface area contributed by atoms with Crippen molar-refractivity contribution in [3.05, 3.63) is 134 Å². The third kappa shape index (κ3) is 48.4. The lowest BCUT2D eigenvalue weighted by molar-refractivity contribution is -0.166. The van der Waals surface area contributed by atoms with Gasteiger partial charge in [-0.2, -0.15) is 0 Å². The number of hydrogen-bond acceptors (Lipinski definition) is 6. The van der Waals surface area contributed by atoms with E-state index in [-0.39, 0.29) is 32.0 Å². The van der Waals surface area contributed by atoms with Gasteiger partial charge in [0.1, 0.15) is 13.2 Å². The SMILES string of the molecule is CC/C=C\C/C=C\C/C=C\C/C=C\C/C=C\CCCC(=O)OC(COC(=O)C/C=C\C/C=C\C/C=C\CC)COC(=O)CCCCCCCCCCC/C=C\C/C=C\C/C=C\CC. The molecule has 0 N–H and O–H groups in total. The maximum Gasteiger partial charge on any atom is 0.309 e. The fourth-order valence-corrected chi connectivity index (χ4v) is 6.08. The molecular weight excluding hydrogens is 781 g/mol. The number of rotatable bonds is 42. The summed E-state index contributed by atoms with van der Waals surface area (Å²) in [5.74, 6) is -1.14. The van der Waals surface area contributed by atoms with Gasteiger partial charge in [-0.3, -0.25) is 14.4 Å². The van der Waals surface area contributed by atoms with Crippen molar-refractivity contribution in [1.29, 1.82) is 0 Å². The van der Waals surface area contributed by atoms with E-state index >= 15 is 0 Å². The molecule has 63 heavy (non-hydrogen) atoms. The molecule has 1 unspecified atom stereocenters. The number of esters is 3. The van der Waals surface area contributed by atoms with Crippen molar-refractivity contribution in [3.8, 4) is 0 Å². The Balaban J connectivity index is 4.49. The Kier molecular flexibility index (Phi) is 46.7. The van der Waals surface area contributed by atoms with E-state index in [1.165, 1.54) is 38.5 Å². The van der Waals surface area contributed by atoms with Gasteiger partial charge in [-0.15, -0.1) is 0 Å². The van der Waals surface area contributed by atoms with Crippen LogP contribution in [-0.2, 0) is 28.6 Å². The first-order valence-corrected chi connectivity index (χ1v) is 24.7. The molecule has 0 spiro atoms. The number of carbonyl (C=O) groups is 3. The summed E-state index contributed by atoms with van der Waals surface area (Å²) in [5, 5.41) is 0. The van der Waals surface area contributed by atoms with Crippen LogP contribution in [0, 0.1) is 0 Å². The maximum atomic E-state index is 12.7. The Morgan fingerprint density at radius 2 is 0.651 bits per heavy atom. The largest absolute Gasteiger partial charge is 0.462 e. The van der Waals surface area contributed by atoms with Gasteiger partial charge in [0.25, 0.3) is 0 Å². The predicted octanol–water partition coefficient (Wildman–Crippen LogP) is 16.3. The van der Waals surface area contributed by atoms with Crippen molar-refractivity contribution in [1.82, 2.24) is 0 Å². The second-order valence-corrected chi connectivity index (χ2v) is 15.6. The van der Waals surface area contributed by atoms with E-state index in [9.17, 15) is 14.4 Å². The number of hydrogen-bond donors (Lipinski definition) is 0. The van der Waals surface area contributed by atoms with Crippen molar-refractivity contribution < 1.29 is 28.6 Å². The molecule has 352 valence electrons. The molecule has 6 nitrogen and oxygen atoms in total. The lowest BCUT2D eigenvalue weighted by Crippen LogP contribution is -2.30. The molecule has 0 rings (SSSR count). The normalized spacial score (nSPS) is 13.3. The minimum absolute atomic E-state index is 0.116. The summed E-state index contributed by atoms with van der Waals surface area (Å²) in [5.41, 5.74) is 0. The summed E-state index contributed by atoms with van der Waals surface area (Å²) in [6.45, 7) is 6.12. The third-order valence-corrected chi connectivity index (χ3v) is 9.66. The molecule has 0 aromatic heterocycles. The van der Waals surface area contributed by atoms with Crippen LogP contribution in [0.5, 0.6) is 0 Å². The molecule has 0 aliphatic heterocycles. The van der Waals surface area contributed by atoms with E-state index in [1.807, 2.05) is 6.08 Å². The van der Waals surface area contributed by atoms with Gasteiger partial charge in [-0.05, 0) is 103 Å². The Morgan fingerprint density at radius 3 is 1.08 bits per heavy atom. The predicted molar refractivity (Wildman–Crippen MR) is 269 cm³/mol. The highest BCUT2D eigenvalue weighted by atomic mass is 16.6. The minimum atomic E-state index is -0.849. The lowest BCUT2D eigenvalue weighted by atomic mass is 10.1. The summed E-state index contributed by atoms with van der Waals surface area (Å²) < 4.78 is 16.6. The summed E-state index contributed by atoms with van der Waals surface area (Å²) in [6.07, 6.45) is 70.5. The van der Waals surface area contributed by atoms with Crippen LogP contribution in [0.3, 0.4) is 0 Å². The smallest absolute Gasteiger partial charge is 0.309 e. The van der Waals surface area contributed by atoms with Crippen LogP contribution in [0.2, 0.25) is 0 Å². The molecule has 0 heterocycles. The van der Waals surface area contributed by atoms with Crippen LogP contribution >= 0.6 is 0 Å². The van der Waals surface area contributed by atoms with Gasteiger partial charge in [0.2, 0.25) is 0 Å². The Bertz CT molecular complexity index is 1420. The summed E-state index contributed by atoms with van der Waals surface area (Å²) in [4.78, 5) is 37.8. The first kappa shape index (κ1) is 58.6. The summed E-state index contributed by atoms with van der Waals surface area (Å²) >= 11 is 0. The van der Waals surface area contributed by atoms with Crippen LogP contribution in [0.4, 0.5) is 0 Å². The van der Waals surface area contributed by atoms with E-state index in [0.29, 0.717) is 12.8 Å². The van der Waals surface area contributed by atoms with Crippen molar-refractivity contribution in [2.24, 2.45) is 0 Å². The van der Waals surface area contributed by atoms with E-state index in [0.717, 1.165) is 103 Å². The standard InChI is InChI=1S/C57H88O6/c1-4-7-10-13-16-19-21-23-25-27-28-30-31-33-35-38-41-44-47-50-56(59)62-53-54(52-61-55(58)49-46-43-40-37-18-15-12-9-6-3)63-57(60)51-48-45-42-39-36-34-32-29-26-24-22-20-17-14-11-8-5-2/h7-12,16-20,23-26,32,34,37,39,42-43,46,54H,4-6,13-15,21-22,27-31,33,35-36,38,40-41,44-45,47-53H2,1-3H3/b10-7-,11-8-,12-9-,19-16-,20-17-,25-23-,26-24-,34-32-,37-18-,42-39-,46-43-. The molecule has 0 bridgehead atoms. The number of allylic oxidation sites excluding steroid dienone is 21. The number of unbranched alkanes of at least 4 members (excludes halogenated alkanes) is 10. The van der Waals surface area contributed by atoms with Gasteiger partial charge < -0.3 is 14.2 Å². The molecule has 0 radical (unpaired) electrons. The zero-order valence-corrected chi connectivity index (χ0v) is 40.0. The second-order valence-electron chi connectivity index (χ2n) is 15.6. The van der Waals surface area contributed by atoms with Crippen molar-refractivity contribution in [3.63, 3.8) is 0 Å². The monoisotopic (exact) mass is 869 g/mol. The van der Waals surface area contributed by atoms with Crippen molar-refractivity contribution in [2.75, 3.05) is 13.2 Å². The molecule has 0 aliphatic carbocycles. The van der Waals surface area contributed by atoms with E-state index in [1.54, 1.807) is 6.08 Å². The molecule has 1 atom stereocenters. The van der Waals surface area contributed by atoms with Crippen molar-refractivity contribution >= 4 is 17.9 Å². The lowest BCUT2D eigenvalue weighted by Gasteiger charge is -2.18.